The van der Waals surface area contributed by atoms with Crippen molar-refractivity contribution in [2.75, 3.05) is 19.3 Å². The lowest BCUT2D eigenvalue weighted by Gasteiger charge is -2.18. The lowest BCUT2D eigenvalue weighted by molar-refractivity contribution is 0.305. The van der Waals surface area contributed by atoms with Crippen LogP contribution in [0.1, 0.15) is 30.4 Å². The molecule has 1 saturated heterocycles. The number of aryl methyl sites for hydroxylation is 1. The fourth-order valence-corrected chi connectivity index (χ4v) is 2.74. The second kappa shape index (κ2) is 3.70. The number of nitrogens with zero attached hydrogens (tertiary/aromatic N) is 4. The number of aromatic nitrogens is 3. The van der Waals surface area contributed by atoms with Crippen LogP contribution >= 0.6 is 0 Å². The molecule has 0 spiro atoms. The summed E-state index contributed by atoms with van der Waals surface area (Å²) in [6.07, 6.45) is 6.09. The third kappa shape index (κ3) is 1.50. The van der Waals surface area contributed by atoms with Crippen molar-refractivity contribution in [2.45, 2.75) is 25.8 Å². The minimum absolute atomic E-state index is 0.401. The van der Waals surface area contributed by atoms with Gasteiger partial charge in [0.25, 0.3) is 0 Å². The first-order valence-electron chi connectivity index (χ1n) is 5.98. The molecule has 5 heteroatoms. The van der Waals surface area contributed by atoms with Gasteiger partial charge in [0.05, 0.1) is 11.7 Å². The first kappa shape index (κ1) is 10.5. The van der Waals surface area contributed by atoms with E-state index in [-0.39, 0.29) is 0 Å². The van der Waals surface area contributed by atoms with Crippen molar-refractivity contribution < 1.29 is 0 Å². The van der Waals surface area contributed by atoms with E-state index in [9.17, 15) is 0 Å². The molecule has 5 nitrogen and oxygen atoms in total. The quantitative estimate of drug-likeness (QED) is 0.805. The molecule has 1 fully saturated rings. The monoisotopic (exact) mass is 231 g/mol. The highest BCUT2D eigenvalue weighted by atomic mass is 15.2. The summed E-state index contributed by atoms with van der Waals surface area (Å²) in [5.41, 5.74) is 7.83. The molecule has 0 saturated carbocycles. The number of nitrogen functional groups attached to an aromatic ring is 1. The maximum atomic E-state index is 5.92. The fourth-order valence-electron chi connectivity index (χ4n) is 2.74. The molecule has 0 unspecified atom stereocenters. The van der Waals surface area contributed by atoms with Gasteiger partial charge in [0, 0.05) is 12.4 Å². The minimum Gasteiger partial charge on any atom is -0.382 e. The zero-order valence-electron chi connectivity index (χ0n) is 10.2. The van der Waals surface area contributed by atoms with Gasteiger partial charge in [-0.25, -0.2) is 9.97 Å². The second-order valence-corrected chi connectivity index (χ2v) is 4.73. The van der Waals surface area contributed by atoms with Crippen LogP contribution in [0.25, 0.3) is 5.52 Å². The zero-order valence-corrected chi connectivity index (χ0v) is 10.2. The Morgan fingerprint density at radius 3 is 3.00 bits per heavy atom. The highest BCUT2D eigenvalue weighted by Crippen LogP contribution is 2.31. The number of hydrogen-bond donors (Lipinski definition) is 1. The summed E-state index contributed by atoms with van der Waals surface area (Å²) in [7, 11) is 2.15. The van der Waals surface area contributed by atoms with E-state index in [4.69, 9.17) is 5.73 Å². The first-order chi connectivity index (χ1) is 8.18. The Hall–Kier alpha value is -1.62. The molecule has 17 heavy (non-hydrogen) atoms. The van der Waals surface area contributed by atoms with Crippen LogP contribution in [-0.2, 0) is 0 Å². The van der Waals surface area contributed by atoms with Crippen molar-refractivity contribution in [3.63, 3.8) is 0 Å². The standard InChI is InChI=1S/C12H17N5/c1-8-10-11(13)14-5-7-17(10)12(15-8)9-4-3-6-16(9)2/h5,7,9H,3-4,6H2,1-2H3,(H2,13,14)/t9-/m0/s1. The van der Waals surface area contributed by atoms with Crippen molar-refractivity contribution in [1.29, 1.82) is 0 Å². The summed E-state index contributed by atoms with van der Waals surface area (Å²) in [5, 5.41) is 0. The Morgan fingerprint density at radius 1 is 1.47 bits per heavy atom. The zero-order chi connectivity index (χ0) is 12.0. The number of hydrogen-bond acceptors (Lipinski definition) is 4. The van der Waals surface area contributed by atoms with Crippen LogP contribution in [0.3, 0.4) is 0 Å². The van der Waals surface area contributed by atoms with Gasteiger partial charge >= 0.3 is 0 Å². The van der Waals surface area contributed by atoms with Gasteiger partial charge in [0.15, 0.2) is 0 Å². The number of imidazole rings is 1. The van der Waals surface area contributed by atoms with Gasteiger partial charge in [-0.05, 0) is 33.4 Å². The Balaban J connectivity index is 2.20. The van der Waals surface area contributed by atoms with Crippen LogP contribution in [0.5, 0.6) is 0 Å². The maximum Gasteiger partial charge on any atom is 0.149 e. The van der Waals surface area contributed by atoms with Gasteiger partial charge in [-0.2, -0.15) is 0 Å². The summed E-state index contributed by atoms with van der Waals surface area (Å²) in [6, 6.07) is 0.401. The largest absolute Gasteiger partial charge is 0.382 e. The van der Waals surface area contributed by atoms with Gasteiger partial charge in [-0.15, -0.1) is 0 Å². The smallest absolute Gasteiger partial charge is 0.149 e. The van der Waals surface area contributed by atoms with Gasteiger partial charge in [0.2, 0.25) is 0 Å². The number of fused-ring (bicyclic) bond motifs is 1. The van der Waals surface area contributed by atoms with E-state index < -0.39 is 0 Å². The molecule has 1 aliphatic rings. The van der Waals surface area contributed by atoms with Gasteiger partial charge in [0.1, 0.15) is 17.2 Å². The predicted octanol–water partition coefficient (Wildman–Crippen LogP) is 1.39. The topological polar surface area (TPSA) is 59.5 Å². The number of anilines is 1. The highest BCUT2D eigenvalue weighted by Gasteiger charge is 2.27. The molecule has 1 aliphatic heterocycles. The lowest BCUT2D eigenvalue weighted by atomic mass is 10.2. The molecule has 2 aromatic rings. The number of rotatable bonds is 1. The predicted molar refractivity (Wildman–Crippen MR) is 66.7 cm³/mol. The van der Waals surface area contributed by atoms with Crippen molar-refractivity contribution in [2.24, 2.45) is 0 Å². The minimum atomic E-state index is 0.401. The van der Waals surface area contributed by atoms with Gasteiger partial charge in [-0.1, -0.05) is 0 Å². The van der Waals surface area contributed by atoms with Gasteiger partial charge in [-0.3, -0.25) is 9.30 Å². The summed E-state index contributed by atoms with van der Waals surface area (Å²) in [6.45, 7) is 3.13. The van der Waals surface area contributed by atoms with E-state index in [1.54, 1.807) is 6.20 Å². The number of likely N-dealkylation sites (tertiary alicyclic amines) is 1. The van der Waals surface area contributed by atoms with Crippen molar-refractivity contribution >= 4 is 11.3 Å². The maximum absolute atomic E-state index is 5.92. The first-order valence-corrected chi connectivity index (χ1v) is 5.98. The van der Waals surface area contributed by atoms with Crippen molar-refractivity contribution in [1.82, 2.24) is 19.3 Å². The molecule has 3 rings (SSSR count). The molecular formula is C12H17N5. The summed E-state index contributed by atoms with van der Waals surface area (Å²) >= 11 is 0. The molecule has 0 radical (unpaired) electrons. The molecule has 2 aromatic heterocycles. The SMILES string of the molecule is Cc1nc([C@@H]2CCCN2C)n2ccnc(N)c12. The molecule has 0 aromatic carbocycles. The fraction of sp³-hybridized carbons (Fsp3) is 0.500. The third-order valence-electron chi connectivity index (χ3n) is 3.60. The van der Waals surface area contributed by atoms with Crippen LogP contribution in [0, 0.1) is 6.92 Å². The molecular weight excluding hydrogens is 214 g/mol. The van der Waals surface area contributed by atoms with Crippen LogP contribution in [0.4, 0.5) is 5.82 Å². The lowest BCUT2D eigenvalue weighted by Crippen LogP contribution is -2.19. The average molecular weight is 231 g/mol. The molecule has 2 N–H and O–H groups in total. The summed E-state index contributed by atoms with van der Waals surface area (Å²) in [5.74, 6) is 1.65. The molecule has 90 valence electrons. The van der Waals surface area contributed by atoms with Crippen molar-refractivity contribution in [3.05, 3.63) is 23.9 Å². The van der Waals surface area contributed by atoms with Crippen LogP contribution in [0.15, 0.2) is 12.4 Å². The number of nitrogens with two attached hydrogens (primary N) is 1. The van der Waals surface area contributed by atoms with E-state index in [0.717, 1.165) is 30.0 Å². The van der Waals surface area contributed by atoms with E-state index in [2.05, 4.69) is 26.3 Å². The van der Waals surface area contributed by atoms with Crippen LogP contribution < -0.4 is 5.73 Å². The van der Waals surface area contributed by atoms with Gasteiger partial charge < -0.3 is 5.73 Å². The van der Waals surface area contributed by atoms with Crippen LogP contribution in [0.2, 0.25) is 0 Å². The Bertz CT molecular complexity index is 559. The third-order valence-corrected chi connectivity index (χ3v) is 3.60. The normalized spacial score (nSPS) is 21.4. The average Bonchev–Trinajstić information content (AvgIpc) is 2.84. The Kier molecular flexibility index (Phi) is 2.29. The van der Waals surface area contributed by atoms with E-state index in [0.29, 0.717) is 11.9 Å². The van der Waals surface area contributed by atoms with E-state index >= 15 is 0 Å². The van der Waals surface area contributed by atoms with Crippen LogP contribution in [-0.4, -0.2) is 32.9 Å². The summed E-state index contributed by atoms with van der Waals surface area (Å²) < 4.78 is 2.09. The highest BCUT2D eigenvalue weighted by molar-refractivity contribution is 5.68. The molecule has 1 atom stereocenters. The Labute approximate surface area is 100 Å². The summed E-state index contributed by atoms with van der Waals surface area (Å²) in [4.78, 5) is 11.2. The molecule has 0 aliphatic carbocycles. The molecule has 0 bridgehead atoms. The Morgan fingerprint density at radius 2 is 2.29 bits per heavy atom. The van der Waals surface area contributed by atoms with E-state index in [1.165, 1.54) is 6.42 Å². The van der Waals surface area contributed by atoms with E-state index in [1.807, 2.05) is 13.1 Å². The molecule has 0 amide bonds. The second-order valence-electron chi connectivity index (χ2n) is 4.73. The van der Waals surface area contributed by atoms with Crippen molar-refractivity contribution in [3.8, 4) is 0 Å². The molecule has 3 heterocycles.